The highest BCUT2D eigenvalue weighted by Crippen LogP contribution is 2.17. The molecule has 0 atom stereocenters. The Bertz CT molecular complexity index is 540. The number of likely N-dealkylation sites (tertiary alicyclic amines) is 1. The van der Waals surface area contributed by atoms with Crippen LogP contribution in [0.3, 0.4) is 0 Å². The number of hydrogen-bond acceptors (Lipinski definition) is 3. The number of carboxylic acid groups (broad SMARTS) is 1. The van der Waals surface area contributed by atoms with Crippen molar-refractivity contribution in [2.24, 2.45) is 0 Å². The van der Waals surface area contributed by atoms with E-state index >= 15 is 0 Å². The van der Waals surface area contributed by atoms with Gasteiger partial charge < -0.3 is 20.6 Å². The normalized spacial score (nSPS) is 15.3. The Labute approximate surface area is 136 Å². The summed E-state index contributed by atoms with van der Waals surface area (Å²) in [4.78, 5) is 24.2. The first-order chi connectivity index (χ1) is 11.0. The Morgan fingerprint density at radius 2 is 2.04 bits per heavy atom. The topological polar surface area (TPSA) is 81.7 Å². The molecule has 0 aromatic heterocycles. The molecule has 1 aliphatic heterocycles. The molecule has 0 spiro atoms. The van der Waals surface area contributed by atoms with E-state index in [0.717, 1.165) is 18.5 Å². The lowest BCUT2D eigenvalue weighted by Gasteiger charge is -2.33. The third kappa shape index (κ3) is 5.81. The van der Waals surface area contributed by atoms with Crippen LogP contribution in [0.2, 0.25) is 0 Å². The monoisotopic (exact) mass is 319 g/mol. The van der Waals surface area contributed by atoms with Gasteiger partial charge in [-0.3, -0.25) is 4.79 Å². The minimum Gasteiger partial charge on any atom is -0.481 e. The number of hydrogen-bond donors (Lipinski definition) is 3. The van der Waals surface area contributed by atoms with E-state index in [1.165, 1.54) is 5.56 Å². The van der Waals surface area contributed by atoms with Crippen LogP contribution in [-0.2, 0) is 4.79 Å². The first-order valence-electron chi connectivity index (χ1n) is 8.12. The zero-order chi connectivity index (χ0) is 16.7. The Balaban J connectivity index is 1.69. The van der Waals surface area contributed by atoms with Crippen LogP contribution in [0.1, 0.15) is 31.2 Å². The summed E-state index contributed by atoms with van der Waals surface area (Å²) < 4.78 is 0. The van der Waals surface area contributed by atoms with Crippen LogP contribution in [0.4, 0.5) is 10.5 Å². The summed E-state index contributed by atoms with van der Waals surface area (Å²) in [5, 5.41) is 14.9. The number of piperidine rings is 1. The van der Waals surface area contributed by atoms with Crippen molar-refractivity contribution in [1.29, 1.82) is 0 Å². The maximum Gasteiger partial charge on any atom is 0.317 e. The minimum absolute atomic E-state index is 0.0861. The van der Waals surface area contributed by atoms with Crippen LogP contribution in [-0.4, -0.2) is 47.7 Å². The van der Waals surface area contributed by atoms with E-state index in [-0.39, 0.29) is 12.5 Å². The lowest BCUT2D eigenvalue weighted by Crippen LogP contribution is -2.47. The van der Waals surface area contributed by atoms with Crippen LogP contribution < -0.4 is 10.6 Å². The molecule has 3 N–H and O–H groups in total. The molecule has 1 aromatic carbocycles. The summed E-state index contributed by atoms with van der Waals surface area (Å²) in [5.41, 5.74) is 2.36. The lowest BCUT2D eigenvalue weighted by molar-refractivity contribution is -0.137. The third-order valence-corrected chi connectivity index (χ3v) is 4.01. The van der Waals surface area contributed by atoms with Gasteiger partial charge in [0, 0.05) is 37.8 Å². The molecule has 1 aliphatic rings. The number of carboxylic acids is 1. The summed E-state index contributed by atoms with van der Waals surface area (Å²) in [5.74, 6) is -0.831. The van der Waals surface area contributed by atoms with Gasteiger partial charge in [-0.25, -0.2) is 4.79 Å². The number of nitrogens with zero attached hydrogens (tertiary/aromatic N) is 1. The molecule has 0 unspecified atom stereocenters. The van der Waals surface area contributed by atoms with Gasteiger partial charge in [0.05, 0.1) is 0 Å². The van der Waals surface area contributed by atoms with Crippen molar-refractivity contribution >= 4 is 17.7 Å². The van der Waals surface area contributed by atoms with Gasteiger partial charge in [-0.15, -0.1) is 0 Å². The second-order valence-corrected chi connectivity index (χ2v) is 6.00. The van der Waals surface area contributed by atoms with Crippen molar-refractivity contribution in [3.05, 3.63) is 29.8 Å². The molecular formula is C17H25N3O3. The van der Waals surface area contributed by atoms with Crippen molar-refractivity contribution in [3.63, 3.8) is 0 Å². The number of urea groups is 1. The Morgan fingerprint density at radius 3 is 2.70 bits per heavy atom. The first kappa shape index (κ1) is 17.1. The summed E-state index contributed by atoms with van der Waals surface area (Å²) in [6.45, 7) is 3.91. The van der Waals surface area contributed by atoms with E-state index in [9.17, 15) is 9.59 Å². The fourth-order valence-electron chi connectivity index (χ4n) is 2.74. The predicted molar refractivity (Wildman–Crippen MR) is 89.7 cm³/mol. The van der Waals surface area contributed by atoms with Crippen molar-refractivity contribution in [1.82, 2.24) is 10.2 Å². The SMILES string of the molecule is Cc1cccc(NC2CCN(C(=O)NCCCC(=O)O)CC2)c1. The fourth-order valence-corrected chi connectivity index (χ4v) is 2.74. The number of rotatable bonds is 6. The highest BCUT2D eigenvalue weighted by atomic mass is 16.4. The summed E-state index contributed by atoms with van der Waals surface area (Å²) in [6.07, 6.45) is 2.38. The third-order valence-electron chi connectivity index (χ3n) is 4.01. The predicted octanol–water partition coefficient (Wildman–Crippen LogP) is 2.45. The van der Waals surface area contributed by atoms with Crippen LogP contribution in [0.5, 0.6) is 0 Å². The van der Waals surface area contributed by atoms with E-state index in [1.54, 1.807) is 4.90 Å². The number of aryl methyl sites for hydroxylation is 1. The van der Waals surface area contributed by atoms with Crippen LogP contribution >= 0.6 is 0 Å². The number of nitrogens with one attached hydrogen (secondary N) is 2. The molecule has 1 aromatic rings. The molecule has 0 saturated carbocycles. The molecule has 0 radical (unpaired) electrons. The van der Waals surface area contributed by atoms with Crippen LogP contribution in [0.25, 0.3) is 0 Å². The number of carbonyl (C=O) groups excluding carboxylic acids is 1. The number of anilines is 1. The molecule has 1 fully saturated rings. The van der Waals surface area contributed by atoms with E-state index in [4.69, 9.17) is 5.11 Å². The van der Waals surface area contributed by atoms with Gasteiger partial charge in [-0.05, 0) is 43.9 Å². The zero-order valence-electron chi connectivity index (χ0n) is 13.5. The summed E-state index contributed by atoms with van der Waals surface area (Å²) >= 11 is 0. The highest BCUT2D eigenvalue weighted by Gasteiger charge is 2.22. The van der Waals surface area contributed by atoms with Gasteiger partial charge in [0.25, 0.3) is 0 Å². The van der Waals surface area contributed by atoms with Crippen molar-refractivity contribution < 1.29 is 14.7 Å². The number of aliphatic carboxylic acids is 1. The number of carbonyl (C=O) groups is 2. The van der Waals surface area contributed by atoms with E-state index in [2.05, 4.69) is 35.8 Å². The molecular weight excluding hydrogens is 294 g/mol. The molecule has 2 amide bonds. The molecule has 6 nitrogen and oxygen atoms in total. The fraction of sp³-hybridized carbons (Fsp3) is 0.529. The van der Waals surface area contributed by atoms with Crippen molar-refractivity contribution in [2.75, 3.05) is 25.0 Å². The quantitative estimate of drug-likeness (QED) is 0.704. The van der Waals surface area contributed by atoms with Gasteiger partial charge in [-0.1, -0.05) is 12.1 Å². The van der Waals surface area contributed by atoms with Gasteiger partial charge in [-0.2, -0.15) is 0 Å². The van der Waals surface area contributed by atoms with Crippen LogP contribution in [0, 0.1) is 6.92 Å². The van der Waals surface area contributed by atoms with E-state index in [0.29, 0.717) is 32.1 Å². The maximum atomic E-state index is 12.0. The molecule has 23 heavy (non-hydrogen) atoms. The second kappa shape index (κ2) is 8.41. The van der Waals surface area contributed by atoms with Crippen molar-refractivity contribution in [2.45, 2.75) is 38.6 Å². The number of amides is 2. The van der Waals surface area contributed by atoms with Crippen molar-refractivity contribution in [3.8, 4) is 0 Å². The Hall–Kier alpha value is -2.24. The average Bonchev–Trinajstić information content (AvgIpc) is 2.52. The van der Waals surface area contributed by atoms with E-state index < -0.39 is 5.97 Å². The molecule has 2 rings (SSSR count). The highest BCUT2D eigenvalue weighted by molar-refractivity contribution is 5.74. The molecule has 0 bridgehead atoms. The molecule has 0 aliphatic carbocycles. The smallest absolute Gasteiger partial charge is 0.317 e. The first-order valence-corrected chi connectivity index (χ1v) is 8.12. The summed E-state index contributed by atoms with van der Waals surface area (Å²) in [6, 6.07) is 8.59. The zero-order valence-corrected chi connectivity index (χ0v) is 13.5. The molecule has 1 heterocycles. The lowest BCUT2D eigenvalue weighted by atomic mass is 10.0. The Kier molecular flexibility index (Phi) is 6.26. The Morgan fingerprint density at radius 1 is 1.30 bits per heavy atom. The van der Waals surface area contributed by atoms with Gasteiger partial charge in [0.1, 0.15) is 0 Å². The molecule has 1 saturated heterocycles. The summed E-state index contributed by atoms with van der Waals surface area (Å²) in [7, 11) is 0. The van der Waals surface area contributed by atoms with E-state index in [1.807, 2.05) is 6.07 Å². The standard InChI is InChI=1S/C17H25N3O3/c1-13-4-2-5-15(12-13)19-14-7-10-20(11-8-14)17(23)18-9-3-6-16(21)22/h2,4-5,12,14,19H,3,6-11H2,1H3,(H,18,23)(H,21,22). The number of benzene rings is 1. The van der Waals surface area contributed by atoms with Gasteiger partial charge in [0.15, 0.2) is 0 Å². The van der Waals surface area contributed by atoms with Gasteiger partial charge >= 0.3 is 12.0 Å². The molecule has 6 heteroatoms. The minimum atomic E-state index is -0.831. The maximum absolute atomic E-state index is 12.0. The van der Waals surface area contributed by atoms with Crippen LogP contribution in [0.15, 0.2) is 24.3 Å². The average molecular weight is 319 g/mol. The van der Waals surface area contributed by atoms with Gasteiger partial charge in [0.2, 0.25) is 0 Å². The largest absolute Gasteiger partial charge is 0.481 e. The molecule has 126 valence electrons. The second-order valence-electron chi connectivity index (χ2n) is 6.00.